The first-order valence-electron chi connectivity index (χ1n) is 8.34. The molecule has 0 radical (unpaired) electrons. The van der Waals surface area contributed by atoms with Crippen molar-refractivity contribution in [2.24, 2.45) is 5.92 Å². The largest absolute Gasteiger partial charge is 0.493 e. The second-order valence-electron chi connectivity index (χ2n) is 6.49. The number of carboxylic acids is 1. The first-order chi connectivity index (χ1) is 12.1. The van der Waals surface area contributed by atoms with Gasteiger partial charge in [-0.05, 0) is 55.2 Å². The van der Waals surface area contributed by atoms with Gasteiger partial charge in [0.15, 0.2) is 0 Å². The highest BCUT2D eigenvalue weighted by molar-refractivity contribution is 6.30. The van der Waals surface area contributed by atoms with E-state index in [4.69, 9.17) is 16.3 Å². The lowest BCUT2D eigenvalue weighted by molar-refractivity contribution is 0.0699. The van der Waals surface area contributed by atoms with Gasteiger partial charge in [-0.2, -0.15) is 0 Å². The quantitative estimate of drug-likeness (QED) is 0.689. The van der Waals surface area contributed by atoms with Crippen LogP contribution in [-0.4, -0.2) is 22.2 Å². The molecule has 128 valence electrons. The fraction of sp³-hybridized carbons (Fsp3) is 0.250. The number of aromatic carboxylic acids is 1. The van der Waals surface area contributed by atoms with Gasteiger partial charge in [-0.25, -0.2) is 4.79 Å². The fourth-order valence-corrected chi connectivity index (χ4v) is 3.23. The number of ether oxygens (including phenoxy) is 1. The van der Waals surface area contributed by atoms with Crippen molar-refractivity contribution in [1.29, 1.82) is 0 Å². The molecule has 25 heavy (non-hydrogen) atoms. The fourth-order valence-electron chi connectivity index (χ4n) is 3.04. The van der Waals surface area contributed by atoms with E-state index in [1.54, 1.807) is 12.1 Å². The average molecular weight is 356 g/mol. The summed E-state index contributed by atoms with van der Waals surface area (Å²) in [4.78, 5) is 11.4. The molecule has 1 heterocycles. The molecule has 1 aliphatic rings. The second kappa shape index (κ2) is 6.45. The number of rotatable bonds is 6. The zero-order valence-corrected chi connectivity index (χ0v) is 14.4. The van der Waals surface area contributed by atoms with E-state index in [0.717, 1.165) is 28.8 Å². The molecule has 3 aromatic rings. The smallest absolute Gasteiger partial charge is 0.336 e. The molecule has 0 spiro atoms. The maximum absolute atomic E-state index is 11.4. The summed E-state index contributed by atoms with van der Waals surface area (Å²) in [6.07, 6.45) is 4.38. The van der Waals surface area contributed by atoms with Gasteiger partial charge >= 0.3 is 5.97 Å². The van der Waals surface area contributed by atoms with E-state index in [2.05, 4.69) is 0 Å². The summed E-state index contributed by atoms with van der Waals surface area (Å²) >= 11 is 6.17. The van der Waals surface area contributed by atoms with Crippen LogP contribution in [-0.2, 0) is 6.54 Å². The van der Waals surface area contributed by atoms with Gasteiger partial charge in [0.2, 0.25) is 0 Å². The van der Waals surface area contributed by atoms with Crippen LogP contribution in [0.3, 0.4) is 0 Å². The van der Waals surface area contributed by atoms with Crippen LogP contribution in [0, 0.1) is 5.92 Å². The Kier molecular flexibility index (Phi) is 4.14. The molecule has 5 heteroatoms. The molecule has 1 N–H and O–H groups in total. The van der Waals surface area contributed by atoms with Crippen LogP contribution in [0.15, 0.2) is 48.7 Å². The minimum Gasteiger partial charge on any atom is -0.493 e. The number of benzene rings is 2. The van der Waals surface area contributed by atoms with Gasteiger partial charge in [0.05, 0.1) is 18.7 Å². The van der Waals surface area contributed by atoms with E-state index in [1.807, 2.05) is 41.1 Å². The number of fused-ring (bicyclic) bond motifs is 1. The second-order valence-corrected chi connectivity index (χ2v) is 6.93. The van der Waals surface area contributed by atoms with Crippen LogP contribution in [0.2, 0.25) is 5.02 Å². The Labute approximate surface area is 150 Å². The maximum Gasteiger partial charge on any atom is 0.336 e. The van der Waals surface area contributed by atoms with Gasteiger partial charge in [-0.3, -0.25) is 0 Å². The monoisotopic (exact) mass is 355 g/mol. The summed E-state index contributed by atoms with van der Waals surface area (Å²) < 4.78 is 8.00. The molecule has 2 aromatic carbocycles. The summed E-state index contributed by atoms with van der Waals surface area (Å²) in [6, 6.07) is 12.8. The number of carboxylic acid groups (broad SMARTS) is 1. The third-order valence-electron chi connectivity index (χ3n) is 4.58. The van der Waals surface area contributed by atoms with Gasteiger partial charge in [-0.15, -0.1) is 0 Å². The first kappa shape index (κ1) is 16.0. The Balaban J connectivity index is 1.67. The predicted molar refractivity (Wildman–Crippen MR) is 97.7 cm³/mol. The van der Waals surface area contributed by atoms with Crippen LogP contribution in [0.4, 0.5) is 0 Å². The number of nitrogens with zero attached hydrogens (tertiary/aromatic N) is 1. The lowest BCUT2D eigenvalue weighted by Gasteiger charge is -2.13. The molecule has 1 saturated carbocycles. The molecule has 1 aromatic heterocycles. The van der Waals surface area contributed by atoms with E-state index < -0.39 is 5.97 Å². The molecule has 0 saturated heterocycles. The zero-order valence-electron chi connectivity index (χ0n) is 13.6. The molecule has 0 amide bonds. The number of aromatic nitrogens is 1. The molecular weight excluding hydrogens is 338 g/mol. The van der Waals surface area contributed by atoms with Gasteiger partial charge < -0.3 is 14.4 Å². The molecule has 1 fully saturated rings. The summed E-state index contributed by atoms with van der Waals surface area (Å²) in [5.74, 6) is 0.598. The highest BCUT2D eigenvalue weighted by atomic mass is 35.5. The lowest BCUT2D eigenvalue weighted by atomic mass is 10.1. The van der Waals surface area contributed by atoms with E-state index in [-0.39, 0.29) is 0 Å². The van der Waals surface area contributed by atoms with E-state index in [0.29, 0.717) is 23.0 Å². The molecular formula is C20H18ClNO3. The summed E-state index contributed by atoms with van der Waals surface area (Å²) in [7, 11) is 0. The highest BCUT2D eigenvalue weighted by Crippen LogP contribution is 2.32. The third kappa shape index (κ3) is 3.35. The molecule has 0 unspecified atom stereocenters. The summed E-state index contributed by atoms with van der Waals surface area (Å²) in [5.41, 5.74) is 2.19. The standard InChI is InChI=1S/C20H18ClNO3/c21-15-6-7-19(25-12-13-4-5-13)14(10-15)11-22-9-8-16-17(20(23)24)2-1-3-18(16)22/h1-3,6-10,13H,4-5,11-12H2,(H,23,24). The normalized spacial score (nSPS) is 14.0. The predicted octanol–water partition coefficient (Wildman–Crippen LogP) is 4.83. The number of halogens is 1. The Bertz CT molecular complexity index is 943. The third-order valence-corrected chi connectivity index (χ3v) is 4.81. The van der Waals surface area contributed by atoms with E-state index in [9.17, 15) is 9.90 Å². The minimum atomic E-state index is -0.917. The number of hydrogen-bond donors (Lipinski definition) is 1. The van der Waals surface area contributed by atoms with Crippen LogP contribution in [0.1, 0.15) is 28.8 Å². The Morgan fingerprint density at radius 3 is 2.84 bits per heavy atom. The minimum absolute atomic E-state index is 0.313. The molecule has 1 aliphatic carbocycles. The van der Waals surface area contributed by atoms with Crippen molar-refractivity contribution >= 4 is 28.5 Å². The van der Waals surface area contributed by atoms with Gasteiger partial charge in [0.1, 0.15) is 5.75 Å². The first-order valence-corrected chi connectivity index (χ1v) is 8.72. The van der Waals surface area contributed by atoms with Crippen molar-refractivity contribution in [3.05, 3.63) is 64.8 Å². The molecule has 4 rings (SSSR count). The van der Waals surface area contributed by atoms with Crippen molar-refractivity contribution < 1.29 is 14.6 Å². The van der Waals surface area contributed by atoms with Crippen LogP contribution >= 0.6 is 11.6 Å². The van der Waals surface area contributed by atoms with Crippen LogP contribution < -0.4 is 4.74 Å². The van der Waals surface area contributed by atoms with Crippen molar-refractivity contribution in [3.8, 4) is 5.75 Å². The van der Waals surface area contributed by atoms with Gasteiger partial charge in [-0.1, -0.05) is 17.7 Å². The average Bonchev–Trinajstić information content (AvgIpc) is 3.34. The zero-order chi connectivity index (χ0) is 17.4. The van der Waals surface area contributed by atoms with Crippen LogP contribution in [0.25, 0.3) is 10.9 Å². The Morgan fingerprint density at radius 2 is 2.08 bits per heavy atom. The molecule has 4 nitrogen and oxygen atoms in total. The summed E-state index contributed by atoms with van der Waals surface area (Å²) in [5, 5.41) is 10.7. The summed E-state index contributed by atoms with van der Waals surface area (Å²) in [6.45, 7) is 1.32. The SMILES string of the molecule is O=C(O)c1cccc2c1ccn2Cc1cc(Cl)ccc1OCC1CC1. The van der Waals surface area contributed by atoms with Crippen molar-refractivity contribution in [2.75, 3.05) is 6.61 Å². The molecule has 0 bridgehead atoms. The lowest BCUT2D eigenvalue weighted by Crippen LogP contribution is -2.05. The number of carbonyl (C=O) groups is 1. The van der Waals surface area contributed by atoms with Crippen molar-refractivity contribution in [3.63, 3.8) is 0 Å². The van der Waals surface area contributed by atoms with Crippen molar-refractivity contribution in [1.82, 2.24) is 4.57 Å². The number of hydrogen-bond acceptors (Lipinski definition) is 2. The Hall–Kier alpha value is -2.46. The molecule has 0 aliphatic heterocycles. The maximum atomic E-state index is 11.4. The Morgan fingerprint density at radius 1 is 1.24 bits per heavy atom. The van der Waals surface area contributed by atoms with Crippen molar-refractivity contribution in [2.45, 2.75) is 19.4 Å². The highest BCUT2D eigenvalue weighted by Gasteiger charge is 2.22. The van der Waals surface area contributed by atoms with Gasteiger partial charge in [0.25, 0.3) is 0 Å². The van der Waals surface area contributed by atoms with E-state index in [1.165, 1.54) is 12.8 Å². The topological polar surface area (TPSA) is 51.5 Å². The van der Waals surface area contributed by atoms with E-state index >= 15 is 0 Å². The molecule has 0 atom stereocenters. The van der Waals surface area contributed by atoms with Crippen LogP contribution in [0.5, 0.6) is 5.75 Å². The van der Waals surface area contributed by atoms with Gasteiger partial charge in [0, 0.05) is 27.7 Å².